The smallest absolute Gasteiger partial charge is 0.137 e. The first-order valence-corrected chi connectivity index (χ1v) is 14.3. The fourth-order valence-electron chi connectivity index (χ4n) is 6.57. The van der Waals surface area contributed by atoms with Crippen LogP contribution in [0.2, 0.25) is 0 Å². The van der Waals surface area contributed by atoms with E-state index < -0.39 is 0 Å². The summed E-state index contributed by atoms with van der Waals surface area (Å²) in [5.74, 6) is 0. The molecule has 0 fully saturated rings. The highest BCUT2D eigenvalue weighted by molar-refractivity contribution is 6.21. The molecule has 0 atom stereocenters. The zero-order chi connectivity index (χ0) is 27.6. The zero-order valence-corrected chi connectivity index (χ0v) is 22.8. The van der Waals surface area contributed by atoms with E-state index in [4.69, 9.17) is 4.42 Å². The molecule has 8 aromatic carbocycles. The van der Waals surface area contributed by atoms with Crippen LogP contribution >= 0.6 is 0 Å². The molecule has 196 valence electrons. The largest absolute Gasteiger partial charge is 0.456 e. The molecule has 0 aliphatic rings. The topological polar surface area (TPSA) is 16.4 Å². The number of hydrogen-bond acceptors (Lipinski definition) is 2. The van der Waals surface area contributed by atoms with Gasteiger partial charge >= 0.3 is 0 Å². The Morgan fingerprint density at radius 2 is 0.929 bits per heavy atom. The summed E-state index contributed by atoms with van der Waals surface area (Å²) in [6.45, 7) is 0. The van der Waals surface area contributed by atoms with Gasteiger partial charge in [0.05, 0.1) is 0 Å². The number of fused-ring (bicyclic) bond motifs is 9. The Bertz CT molecular complexity index is 2470. The molecule has 9 aromatic rings. The van der Waals surface area contributed by atoms with Gasteiger partial charge in [-0.3, -0.25) is 0 Å². The maximum Gasteiger partial charge on any atom is 0.137 e. The van der Waals surface area contributed by atoms with E-state index in [0.717, 1.165) is 39.0 Å². The Balaban J connectivity index is 1.29. The molecule has 0 radical (unpaired) electrons. The number of anilines is 3. The molecule has 0 N–H and O–H groups in total. The number of furan rings is 1. The van der Waals surface area contributed by atoms with Gasteiger partial charge in [-0.2, -0.15) is 0 Å². The van der Waals surface area contributed by atoms with E-state index in [1.165, 1.54) is 43.1 Å². The van der Waals surface area contributed by atoms with Crippen molar-refractivity contribution in [3.8, 4) is 0 Å². The fraction of sp³-hybridized carbons (Fsp3) is 0. The SMILES string of the molecule is c1ccc(N(c2ccc3c(c2)oc2cc4ccccc4cc23)c2ccc3ccc4ccc5ccccc5c4c3c2)cc1. The molecule has 0 spiro atoms. The lowest BCUT2D eigenvalue weighted by molar-refractivity contribution is 0.669. The second kappa shape index (κ2) is 8.95. The Labute approximate surface area is 242 Å². The van der Waals surface area contributed by atoms with Crippen molar-refractivity contribution in [2.24, 2.45) is 0 Å². The summed E-state index contributed by atoms with van der Waals surface area (Å²) in [5, 5.41) is 12.2. The van der Waals surface area contributed by atoms with Crippen LogP contribution in [0.5, 0.6) is 0 Å². The second-order valence-electron chi connectivity index (χ2n) is 11.0. The minimum absolute atomic E-state index is 0.885. The van der Waals surface area contributed by atoms with E-state index in [2.05, 4.69) is 157 Å². The predicted molar refractivity (Wildman–Crippen MR) is 178 cm³/mol. The van der Waals surface area contributed by atoms with Crippen LogP contribution in [0.3, 0.4) is 0 Å². The van der Waals surface area contributed by atoms with Crippen molar-refractivity contribution in [3.63, 3.8) is 0 Å². The number of nitrogens with zero attached hydrogens (tertiary/aromatic N) is 1. The third kappa shape index (κ3) is 3.52. The second-order valence-corrected chi connectivity index (χ2v) is 11.0. The third-order valence-electron chi connectivity index (χ3n) is 8.56. The van der Waals surface area contributed by atoms with E-state index in [1.54, 1.807) is 0 Å². The van der Waals surface area contributed by atoms with Crippen LogP contribution in [-0.2, 0) is 0 Å². The average Bonchev–Trinajstić information content (AvgIpc) is 3.40. The number of benzene rings is 8. The first-order chi connectivity index (χ1) is 20.8. The molecule has 0 bridgehead atoms. The van der Waals surface area contributed by atoms with Gasteiger partial charge in [-0.15, -0.1) is 0 Å². The van der Waals surface area contributed by atoms with Gasteiger partial charge in [-0.1, -0.05) is 97.1 Å². The fourth-order valence-corrected chi connectivity index (χ4v) is 6.57. The molecule has 0 unspecified atom stereocenters. The normalized spacial score (nSPS) is 11.8. The van der Waals surface area contributed by atoms with Gasteiger partial charge in [-0.05, 0) is 91.6 Å². The molecule has 0 aliphatic carbocycles. The minimum atomic E-state index is 0.885. The summed E-state index contributed by atoms with van der Waals surface area (Å²) in [6.07, 6.45) is 0. The van der Waals surface area contributed by atoms with Crippen LogP contribution in [-0.4, -0.2) is 0 Å². The van der Waals surface area contributed by atoms with E-state index in [0.29, 0.717) is 0 Å². The highest BCUT2D eigenvalue weighted by Gasteiger charge is 2.17. The molecule has 0 aliphatic heterocycles. The summed E-state index contributed by atoms with van der Waals surface area (Å²) in [7, 11) is 0. The predicted octanol–water partition coefficient (Wildman–Crippen LogP) is 11.7. The minimum Gasteiger partial charge on any atom is -0.456 e. The van der Waals surface area contributed by atoms with Crippen LogP contribution in [0, 0.1) is 0 Å². The molecular weight excluding hydrogens is 510 g/mol. The van der Waals surface area contributed by atoms with Crippen LogP contribution in [0.25, 0.3) is 65.0 Å². The Morgan fingerprint density at radius 3 is 1.76 bits per heavy atom. The van der Waals surface area contributed by atoms with Crippen molar-refractivity contribution in [1.82, 2.24) is 0 Å². The van der Waals surface area contributed by atoms with Crippen molar-refractivity contribution in [3.05, 3.63) is 152 Å². The van der Waals surface area contributed by atoms with Gasteiger partial charge in [0.25, 0.3) is 0 Å². The van der Waals surface area contributed by atoms with Crippen molar-refractivity contribution in [1.29, 1.82) is 0 Å². The molecule has 9 rings (SSSR count). The molecular formula is C40H25NO. The maximum atomic E-state index is 6.47. The molecule has 0 saturated heterocycles. The molecule has 2 heteroatoms. The van der Waals surface area contributed by atoms with E-state index in [-0.39, 0.29) is 0 Å². The summed E-state index contributed by atoms with van der Waals surface area (Å²) < 4.78 is 6.47. The molecule has 1 aromatic heterocycles. The van der Waals surface area contributed by atoms with Gasteiger partial charge in [-0.25, -0.2) is 0 Å². The van der Waals surface area contributed by atoms with Crippen LogP contribution < -0.4 is 4.90 Å². The molecule has 2 nitrogen and oxygen atoms in total. The van der Waals surface area contributed by atoms with Crippen molar-refractivity contribution in [2.45, 2.75) is 0 Å². The highest BCUT2D eigenvalue weighted by Crippen LogP contribution is 2.41. The Hall–Kier alpha value is -5.60. The van der Waals surface area contributed by atoms with Gasteiger partial charge in [0, 0.05) is 33.9 Å². The molecule has 1 heterocycles. The summed E-state index contributed by atoms with van der Waals surface area (Å²) in [5.41, 5.74) is 5.06. The lowest BCUT2D eigenvalue weighted by Crippen LogP contribution is -2.09. The number of rotatable bonds is 3. The standard InChI is InChI=1S/C40H25NO/c1-2-11-31(12-3-1)41(33-20-21-35-37-22-29-9-4-5-10-30(29)23-38(37)42-39(35)25-33)32-19-18-27-15-17-28-16-14-26-8-6-7-13-34(26)40(28)36(27)24-32/h1-25H. The zero-order valence-electron chi connectivity index (χ0n) is 22.8. The first-order valence-electron chi connectivity index (χ1n) is 14.3. The van der Waals surface area contributed by atoms with Gasteiger partial charge in [0.2, 0.25) is 0 Å². The first kappa shape index (κ1) is 23.1. The molecule has 0 amide bonds. The summed E-state index contributed by atoms with van der Waals surface area (Å²) in [6, 6.07) is 54.4. The maximum absolute atomic E-state index is 6.47. The van der Waals surface area contributed by atoms with E-state index in [9.17, 15) is 0 Å². The third-order valence-corrected chi connectivity index (χ3v) is 8.56. The van der Waals surface area contributed by atoms with Gasteiger partial charge < -0.3 is 9.32 Å². The molecule has 0 saturated carbocycles. The van der Waals surface area contributed by atoms with Crippen molar-refractivity contribution < 1.29 is 4.42 Å². The summed E-state index contributed by atoms with van der Waals surface area (Å²) in [4.78, 5) is 2.33. The van der Waals surface area contributed by atoms with Crippen molar-refractivity contribution in [2.75, 3.05) is 4.90 Å². The van der Waals surface area contributed by atoms with Crippen LogP contribution in [0.4, 0.5) is 17.1 Å². The lowest BCUT2D eigenvalue weighted by Gasteiger charge is -2.26. The average molecular weight is 536 g/mol. The monoisotopic (exact) mass is 535 g/mol. The van der Waals surface area contributed by atoms with Crippen molar-refractivity contribution >= 4 is 82.1 Å². The van der Waals surface area contributed by atoms with Gasteiger partial charge in [0.15, 0.2) is 0 Å². The lowest BCUT2D eigenvalue weighted by atomic mass is 9.96. The molecule has 42 heavy (non-hydrogen) atoms. The highest BCUT2D eigenvalue weighted by atomic mass is 16.3. The number of hydrogen-bond donors (Lipinski definition) is 0. The Kier molecular flexibility index (Phi) is 4.93. The summed E-state index contributed by atoms with van der Waals surface area (Å²) >= 11 is 0. The van der Waals surface area contributed by atoms with E-state index >= 15 is 0 Å². The quantitative estimate of drug-likeness (QED) is 0.209. The van der Waals surface area contributed by atoms with Crippen LogP contribution in [0.1, 0.15) is 0 Å². The van der Waals surface area contributed by atoms with Crippen LogP contribution in [0.15, 0.2) is 156 Å². The number of para-hydroxylation sites is 1. The van der Waals surface area contributed by atoms with Gasteiger partial charge in [0.1, 0.15) is 11.2 Å². The Morgan fingerprint density at radius 1 is 0.333 bits per heavy atom. The van der Waals surface area contributed by atoms with E-state index in [1.807, 2.05) is 0 Å².